The van der Waals surface area contributed by atoms with E-state index in [1.54, 1.807) is 13.8 Å². The Bertz CT molecular complexity index is 535. The van der Waals surface area contributed by atoms with Crippen molar-refractivity contribution in [3.63, 3.8) is 0 Å². The molecule has 20 heavy (non-hydrogen) atoms. The second-order valence-corrected chi connectivity index (χ2v) is 4.58. The Balaban J connectivity index is 3.08. The summed E-state index contributed by atoms with van der Waals surface area (Å²) in [5.41, 5.74) is 0.00613. The number of rotatable bonds is 5. The first-order valence-corrected chi connectivity index (χ1v) is 5.96. The number of nitrogens with zero attached hydrogens (tertiary/aromatic N) is 3. The smallest absolute Gasteiger partial charge is 0.325 e. The molecule has 0 bridgehead atoms. The van der Waals surface area contributed by atoms with Crippen LogP contribution in [0.5, 0.6) is 0 Å². The predicted octanol–water partition coefficient (Wildman–Crippen LogP) is 1.22. The molecule has 0 aliphatic heterocycles. The largest absolute Gasteiger partial charge is 0.468 e. The van der Waals surface area contributed by atoms with Crippen LogP contribution in [0.25, 0.3) is 0 Å². The first-order valence-electron chi connectivity index (χ1n) is 5.96. The average molecular weight is 283 g/mol. The molecular formula is C12H17N3O5. The highest BCUT2D eigenvalue weighted by Crippen LogP contribution is 2.21. The molecule has 0 radical (unpaired) electrons. The van der Waals surface area contributed by atoms with E-state index in [0.717, 1.165) is 4.90 Å². The number of nitro groups is 1. The summed E-state index contributed by atoms with van der Waals surface area (Å²) in [4.78, 5) is 34.8. The van der Waals surface area contributed by atoms with Gasteiger partial charge in [0.25, 0.3) is 11.6 Å². The van der Waals surface area contributed by atoms with E-state index in [4.69, 9.17) is 0 Å². The molecule has 1 amide bonds. The van der Waals surface area contributed by atoms with E-state index >= 15 is 0 Å². The topological polar surface area (TPSA) is 94.7 Å². The van der Waals surface area contributed by atoms with Crippen LogP contribution in [0.15, 0.2) is 12.3 Å². The van der Waals surface area contributed by atoms with Gasteiger partial charge in [0.2, 0.25) is 0 Å². The molecule has 1 heterocycles. The lowest BCUT2D eigenvalue weighted by molar-refractivity contribution is -0.384. The van der Waals surface area contributed by atoms with Gasteiger partial charge in [-0.15, -0.1) is 0 Å². The molecule has 0 aliphatic rings. The number of ether oxygens (including phenoxy) is 1. The van der Waals surface area contributed by atoms with Crippen LogP contribution in [0.4, 0.5) is 5.69 Å². The van der Waals surface area contributed by atoms with Gasteiger partial charge in [0.1, 0.15) is 12.2 Å². The van der Waals surface area contributed by atoms with E-state index in [1.807, 2.05) is 0 Å². The summed E-state index contributed by atoms with van der Waals surface area (Å²) in [6, 6.07) is 1.09. The third-order valence-corrected chi connectivity index (χ3v) is 2.76. The average Bonchev–Trinajstić information content (AvgIpc) is 2.82. The molecule has 110 valence electrons. The quantitative estimate of drug-likeness (QED) is 0.460. The Labute approximate surface area is 116 Å². The zero-order valence-electron chi connectivity index (χ0n) is 11.8. The van der Waals surface area contributed by atoms with Crippen LogP contribution >= 0.6 is 0 Å². The minimum Gasteiger partial charge on any atom is -0.468 e. The van der Waals surface area contributed by atoms with Gasteiger partial charge in [-0.2, -0.15) is 0 Å². The van der Waals surface area contributed by atoms with Crippen molar-refractivity contribution in [1.82, 2.24) is 9.47 Å². The Morgan fingerprint density at radius 2 is 2.10 bits per heavy atom. The molecule has 0 saturated heterocycles. The van der Waals surface area contributed by atoms with Gasteiger partial charge in [0, 0.05) is 19.2 Å². The van der Waals surface area contributed by atoms with Crippen LogP contribution in [0.1, 0.15) is 30.4 Å². The van der Waals surface area contributed by atoms with Crippen LogP contribution in [0.3, 0.4) is 0 Å². The van der Waals surface area contributed by atoms with Crippen molar-refractivity contribution in [3.8, 4) is 0 Å². The third kappa shape index (κ3) is 3.34. The zero-order chi connectivity index (χ0) is 15.4. The lowest BCUT2D eigenvalue weighted by Crippen LogP contribution is -2.34. The highest BCUT2D eigenvalue weighted by atomic mass is 16.6. The van der Waals surface area contributed by atoms with Gasteiger partial charge >= 0.3 is 5.97 Å². The van der Waals surface area contributed by atoms with Gasteiger partial charge in [-0.25, -0.2) is 0 Å². The number of amides is 1. The first kappa shape index (κ1) is 15.7. The number of methoxy groups -OCH3 is 1. The van der Waals surface area contributed by atoms with E-state index in [1.165, 1.54) is 31.0 Å². The fourth-order valence-electron chi connectivity index (χ4n) is 1.69. The molecular weight excluding hydrogens is 266 g/mol. The van der Waals surface area contributed by atoms with Gasteiger partial charge in [-0.3, -0.25) is 19.7 Å². The fraction of sp³-hybridized carbons (Fsp3) is 0.500. The molecule has 1 aromatic rings. The van der Waals surface area contributed by atoms with E-state index < -0.39 is 16.8 Å². The monoisotopic (exact) mass is 283 g/mol. The molecule has 0 atom stereocenters. The summed E-state index contributed by atoms with van der Waals surface area (Å²) in [6.07, 6.45) is 1.31. The van der Waals surface area contributed by atoms with Crippen LogP contribution in [0, 0.1) is 10.1 Å². The van der Waals surface area contributed by atoms with Crippen LogP contribution < -0.4 is 0 Å². The van der Waals surface area contributed by atoms with E-state index in [9.17, 15) is 19.7 Å². The number of carbonyl (C=O) groups excluding carboxylic acids is 2. The van der Waals surface area contributed by atoms with Crippen molar-refractivity contribution in [3.05, 3.63) is 28.1 Å². The summed E-state index contributed by atoms with van der Waals surface area (Å²) in [5, 5.41) is 10.8. The Morgan fingerprint density at radius 1 is 1.50 bits per heavy atom. The molecule has 1 aromatic heterocycles. The minimum absolute atomic E-state index is 0.117. The van der Waals surface area contributed by atoms with Gasteiger partial charge in [0.15, 0.2) is 0 Å². The van der Waals surface area contributed by atoms with E-state index in [0.29, 0.717) is 0 Å². The van der Waals surface area contributed by atoms with Crippen molar-refractivity contribution in [2.75, 3.05) is 20.7 Å². The molecule has 0 saturated carbocycles. The fourth-order valence-corrected chi connectivity index (χ4v) is 1.69. The minimum atomic E-state index is -0.560. The standard InChI is InChI=1S/C12H17N3O5/c1-8(2)14-6-9(15(18)19)5-10(14)12(17)13(3)7-11(16)20-4/h5-6,8H,7H2,1-4H3. The maximum atomic E-state index is 12.2. The van der Waals surface area contributed by atoms with Crippen molar-refractivity contribution in [2.45, 2.75) is 19.9 Å². The molecule has 1 rings (SSSR count). The molecule has 8 heteroatoms. The predicted molar refractivity (Wildman–Crippen MR) is 70.4 cm³/mol. The number of likely N-dealkylation sites (N-methyl/N-ethyl adjacent to an activating group) is 1. The van der Waals surface area contributed by atoms with Gasteiger partial charge in [-0.05, 0) is 13.8 Å². The summed E-state index contributed by atoms with van der Waals surface area (Å²) >= 11 is 0. The van der Waals surface area contributed by atoms with Crippen LogP contribution in [-0.2, 0) is 9.53 Å². The summed E-state index contributed by atoms with van der Waals surface area (Å²) in [6.45, 7) is 3.40. The molecule has 0 aromatic carbocycles. The number of carbonyl (C=O) groups is 2. The lowest BCUT2D eigenvalue weighted by atomic mass is 10.3. The normalized spacial score (nSPS) is 10.4. The second kappa shape index (κ2) is 6.18. The van der Waals surface area contributed by atoms with Gasteiger partial charge in [0.05, 0.1) is 18.2 Å². The summed E-state index contributed by atoms with van der Waals surface area (Å²) < 4.78 is 5.99. The number of esters is 1. The van der Waals surface area contributed by atoms with E-state index in [2.05, 4.69) is 4.74 Å². The summed E-state index contributed by atoms with van der Waals surface area (Å²) in [5.74, 6) is -1.03. The van der Waals surface area contributed by atoms with E-state index in [-0.39, 0.29) is 24.0 Å². The second-order valence-electron chi connectivity index (χ2n) is 4.58. The van der Waals surface area contributed by atoms with Crippen LogP contribution in [0.2, 0.25) is 0 Å². The maximum Gasteiger partial charge on any atom is 0.325 e. The molecule has 0 spiro atoms. The van der Waals surface area contributed by atoms with Crippen molar-refractivity contribution in [1.29, 1.82) is 0 Å². The molecule has 0 fully saturated rings. The van der Waals surface area contributed by atoms with Crippen molar-refractivity contribution < 1.29 is 19.2 Å². The van der Waals surface area contributed by atoms with Crippen molar-refractivity contribution >= 4 is 17.6 Å². The number of hydrogen-bond donors (Lipinski definition) is 0. The Kier molecular flexibility index (Phi) is 4.84. The molecule has 0 aliphatic carbocycles. The molecule has 0 unspecified atom stereocenters. The van der Waals surface area contributed by atoms with Gasteiger partial charge in [-0.1, -0.05) is 0 Å². The molecule has 8 nitrogen and oxygen atoms in total. The third-order valence-electron chi connectivity index (χ3n) is 2.76. The number of hydrogen-bond acceptors (Lipinski definition) is 5. The Morgan fingerprint density at radius 3 is 2.55 bits per heavy atom. The van der Waals surface area contributed by atoms with Crippen LogP contribution in [-0.4, -0.2) is 47.0 Å². The Hall–Kier alpha value is -2.38. The van der Waals surface area contributed by atoms with Crippen molar-refractivity contribution in [2.24, 2.45) is 0 Å². The maximum absolute atomic E-state index is 12.2. The zero-order valence-corrected chi connectivity index (χ0v) is 11.8. The molecule has 0 N–H and O–H groups in total. The summed E-state index contributed by atoms with van der Waals surface area (Å²) in [7, 11) is 2.66. The number of aromatic nitrogens is 1. The first-order chi connectivity index (χ1) is 9.27. The van der Waals surface area contributed by atoms with Gasteiger partial charge < -0.3 is 14.2 Å². The SMILES string of the molecule is COC(=O)CN(C)C(=O)c1cc([N+](=O)[O-])cn1C(C)C. The lowest BCUT2D eigenvalue weighted by Gasteiger charge is -2.18. The highest BCUT2D eigenvalue weighted by molar-refractivity contribution is 5.95. The highest BCUT2D eigenvalue weighted by Gasteiger charge is 2.24.